The number of nitrogens with zero attached hydrogens (tertiary/aromatic N) is 2. The number of amides is 1. The summed E-state index contributed by atoms with van der Waals surface area (Å²) < 4.78 is 16.3. The minimum Gasteiger partial charge on any atom is -0.478 e. The molecule has 0 spiro atoms. The summed E-state index contributed by atoms with van der Waals surface area (Å²) in [6, 6.07) is 18.0. The lowest BCUT2D eigenvalue weighted by Gasteiger charge is -2.19. The number of imidazole rings is 1. The Bertz CT molecular complexity index is 1500. The van der Waals surface area contributed by atoms with Crippen molar-refractivity contribution in [1.29, 1.82) is 0 Å². The van der Waals surface area contributed by atoms with Crippen LogP contribution in [0, 0.1) is 5.92 Å². The van der Waals surface area contributed by atoms with Gasteiger partial charge in [-0.3, -0.25) is 4.79 Å². The third-order valence-electron chi connectivity index (χ3n) is 6.97. The van der Waals surface area contributed by atoms with E-state index in [0.717, 1.165) is 35.3 Å². The van der Waals surface area contributed by atoms with Gasteiger partial charge in [-0.15, -0.1) is 0 Å². The van der Waals surface area contributed by atoms with E-state index in [-0.39, 0.29) is 17.5 Å². The number of hydrogen-bond acceptors (Lipinski definition) is 4. The van der Waals surface area contributed by atoms with E-state index in [1.807, 2.05) is 30.3 Å². The fourth-order valence-electron chi connectivity index (χ4n) is 5.08. The number of carbonyl (C=O) groups is 2. The number of aryl methyl sites for hydroxylation is 1. The van der Waals surface area contributed by atoms with Gasteiger partial charge in [-0.2, -0.15) is 12.6 Å². The van der Waals surface area contributed by atoms with Crippen LogP contribution in [-0.2, 0) is 19.6 Å². The Morgan fingerprint density at radius 2 is 1.82 bits per heavy atom. The predicted molar refractivity (Wildman–Crippen MR) is 161 cm³/mol. The van der Waals surface area contributed by atoms with Crippen LogP contribution >= 0.6 is 12.6 Å². The standard InChI is InChI=1S/C32H36FN3O3S/c1-4-7-29-35-30-24(17-33)15-23(31(37)34-25(19-40)14-20(2)3)16-28(30)36(29)18-21-10-12-22(13-11-21)26-8-5-6-9-27(26)32(38)39/h5-6,8-13,15-16,20,25,40H,4,7,14,17-19H2,1-3H3,(H,34,37)(H,38,39)/t25-/m1/s1. The van der Waals surface area contributed by atoms with Crippen molar-refractivity contribution in [3.63, 3.8) is 0 Å². The maximum absolute atomic E-state index is 14.2. The molecular formula is C32H36FN3O3S. The van der Waals surface area contributed by atoms with Gasteiger partial charge < -0.3 is 15.0 Å². The molecule has 1 aromatic heterocycles. The van der Waals surface area contributed by atoms with Crippen LogP contribution in [0.3, 0.4) is 0 Å². The minimum absolute atomic E-state index is 0.0781. The fourth-order valence-corrected chi connectivity index (χ4v) is 5.32. The van der Waals surface area contributed by atoms with Crippen LogP contribution in [0.25, 0.3) is 22.2 Å². The zero-order valence-corrected chi connectivity index (χ0v) is 24.0. The van der Waals surface area contributed by atoms with Crippen LogP contribution in [0.1, 0.15) is 71.3 Å². The first kappa shape index (κ1) is 29.3. The van der Waals surface area contributed by atoms with Crippen molar-refractivity contribution < 1.29 is 19.1 Å². The van der Waals surface area contributed by atoms with Gasteiger partial charge in [0.05, 0.1) is 16.6 Å². The summed E-state index contributed by atoms with van der Waals surface area (Å²) in [5, 5.41) is 12.6. The van der Waals surface area contributed by atoms with Crippen molar-refractivity contribution in [2.24, 2.45) is 5.92 Å². The van der Waals surface area contributed by atoms with E-state index >= 15 is 0 Å². The number of aromatic carboxylic acids is 1. The molecule has 0 radical (unpaired) electrons. The number of fused-ring (bicyclic) bond motifs is 1. The molecule has 210 valence electrons. The number of alkyl halides is 1. The lowest BCUT2D eigenvalue weighted by molar-refractivity contribution is 0.0697. The molecule has 40 heavy (non-hydrogen) atoms. The third kappa shape index (κ3) is 6.55. The number of aromatic nitrogens is 2. The topological polar surface area (TPSA) is 84.2 Å². The highest BCUT2D eigenvalue weighted by atomic mass is 32.1. The Morgan fingerprint density at radius 1 is 1.10 bits per heavy atom. The smallest absolute Gasteiger partial charge is 0.336 e. The van der Waals surface area contributed by atoms with E-state index in [2.05, 4.69) is 43.3 Å². The Labute approximate surface area is 240 Å². The lowest BCUT2D eigenvalue weighted by atomic mass is 9.98. The molecule has 0 aliphatic rings. The lowest BCUT2D eigenvalue weighted by Crippen LogP contribution is -2.37. The summed E-state index contributed by atoms with van der Waals surface area (Å²) >= 11 is 4.40. The molecule has 0 fully saturated rings. The summed E-state index contributed by atoms with van der Waals surface area (Å²) in [4.78, 5) is 29.7. The second-order valence-corrected chi connectivity index (χ2v) is 10.9. The van der Waals surface area contributed by atoms with Crippen LogP contribution in [0.5, 0.6) is 0 Å². The SMILES string of the molecule is CCCc1nc2c(CF)cc(C(=O)N[C@@H](CS)CC(C)C)cc2n1Cc1ccc(-c2ccccc2C(=O)O)cc1. The van der Waals surface area contributed by atoms with Gasteiger partial charge in [0.2, 0.25) is 0 Å². The summed E-state index contributed by atoms with van der Waals surface area (Å²) in [5.41, 5.74) is 4.78. The number of rotatable bonds is 12. The molecule has 0 saturated carbocycles. The number of hydrogen-bond donors (Lipinski definition) is 3. The van der Waals surface area contributed by atoms with Crippen molar-refractivity contribution in [3.05, 3.63) is 88.7 Å². The third-order valence-corrected chi connectivity index (χ3v) is 7.41. The number of benzene rings is 3. The zero-order chi connectivity index (χ0) is 28.8. The van der Waals surface area contributed by atoms with E-state index in [1.54, 1.807) is 30.3 Å². The summed E-state index contributed by atoms with van der Waals surface area (Å²) in [6.07, 6.45) is 2.38. The molecule has 8 heteroatoms. The van der Waals surface area contributed by atoms with Crippen molar-refractivity contribution >= 4 is 35.5 Å². The average Bonchev–Trinajstić information content (AvgIpc) is 3.29. The van der Waals surface area contributed by atoms with Gasteiger partial charge in [-0.25, -0.2) is 14.2 Å². The van der Waals surface area contributed by atoms with Crippen LogP contribution < -0.4 is 5.32 Å². The normalized spacial score (nSPS) is 12.2. The van der Waals surface area contributed by atoms with E-state index < -0.39 is 12.6 Å². The number of carboxylic acid groups (broad SMARTS) is 1. The second kappa shape index (κ2) is 13.1. The van der Waals surface area contributed by atoms with E-state index in [0.29, 0.717) is 46.8 Å². The molecule has 4 aromatic rings. The Balaban J connectivity index is 1.71. The van der Waals surface area contributed by atoms with Gasteiger partial charge in [0, 0.05) is 35.9 Å². The van der Waals surface area contributed by atoms with E-state index in [1.165, 1.54) is 0 Å². The Hall–Kier alpha value is -3.65. The first-order valence-corrected chi connectivity index (χ1v) is 14.3. The van der Waals surface area contributed by atoms with Crippen molar-refractivity contribution in [3.8, 4) is 11.1 Å². The molecule has 0 saturated heterocycles. The monoisotopic (exact) mass is 561 g/mol. The molecule has 0 bridgehead atoms. The van der Waals surface area contributed by atoms with Crippen LogP contribution in [0.15, 0.2) is 60.7 Å². The number of nitrogens with one attached hydrogen (secondary N) is 1. The van der Waals surface area contributed by atoms with Crippen LogP contribution in [-0.4, -0.2) is 38.3 Å². The van der Waals surface area contributed by atoms with Gasteiger partial charge >= 0.3 is 5.97 Å². The largest absolute Gasteiger partial charge is 0.478 e. The molecule has 3 aromatic carbocycles. The zero-order valence-electron chi connectivity index (χ0n) is 23.2. The number of halogens is 1. The van der Waals surface area contributed by atoms with Crippen molar-refractivity contribution in [2.75, 3.05) is 5.75 Å². The Kier molecular flexibility index (Phi) is 9.63. The van der Waals surface area contributed by atoms with E-state index in [9.17, 15) is 19.1 Å². The molecule has 1 heterocycles. The molecule has 1 atom stereocenters. The highest BCUT2D eigenvalue weighted by Gasteiger charge is 2.20. The summed E-state index contributed by atoms with van der Waals surface area (Å²) in [6.45, 7) is 6.03. The maximum Gasteiger partial charge on any atom is 0.336 e. The first-order valence-electron chi connectivity index (χ1n) is 13.7. The highest BCUT2D eigenvalue weighted by molar-refractivity contribution is 7.80. The van der Waals surface area contributed by atoms with Gasteiger partial charge in [-0.05, 0) is 53.6 Å². The molecule has 2 N–H and O–H groups in total. The number of thiol groups is 1. The maximum atomic E-state index is 14.2. The minimum atomic E-state index is -0.970. The molecule has 0 aliphatic carbocycles. The molecule has 0 unspecified atom stereocenters. The predicted octanol–water partition coefficient (Wildman–Crippen LogP) is 6.95. The van der Waals surface area contributed by atoms with E-state index in [4.69, 9.17) is 4.98 Å². The Morgan fingerprint density at radius 3 is 2.45 bits per heavy atom. The molecular weight excluding hydrogens is 525 g/mol. The van der Waals surface area contributed by atoms with Crippen molar-refractivity contribution in [2.45, 2.75) is 59.3 Å². The molecule has 4 rings (SSSR count). The summed E-state index contributed by atoms with van der Waals surface area (Å²) in [5.74, 6) is 0.541. The van der Waals surface area contributed by atoms with Crippen LogP contribution in [0.4, 0.5) is 4.39 Å². The van der Waals surface area contributed by atoms with Gasteiger partial charge in [0.1, 0.15) is 12.5 Å². The number of carbonyl (C=O) groups excluding carboxylic acids is 1. The van der Waals surface area contributed by atoms with Gasteiger partial charge in [0.15, 0.2) is 0 Å². The molecule has 6 nitrogen and oxygen atoms in total. The second-order valence-electron chi connectivity index (χ2n) is 10.5. The summed E-state index contributed by atoms with van der Waals surface area (Å²) in [7, 11) is 0. The highest BCUT2D eigenvalue weighted by Crippen LogP contribution is 2.28. The van der Waals surface area contributed by atoms with Gasteiger partial charge in [0.25, 0.3) is 5.91 Å². The fraction of sp³-hybridized carbons (Fsp3) is 0.344. The average molecular weight is 562 g/mol. The molecule has 1 amide bonds. The van der Waals surface area contributed by atoms with Crippen LogP contribution in [0.2, 0.25) is 0 Å². The molecule has 0 aliphatic heterocycles. The number of carboxylic acids is 1. The first-order chi connectivity index (χ1) is 19.2. The quantitative estimate of drug-likeness (QED) is 0.164. The van der Waals surface area contributed by atoms with Gasteiger partial charge in [-0.1, -0.05) is 63.2 Å². The van der Waals surface area contributed by atoms with Crippen molar-refractivity contribution in [1.82, 2.24) is 14.9 Å².